The van der Waals surface area contributed by atoms with E-state index in [4.69, 9.17) is 5.73 Å². The Morgan fingerprint density at radius 1 is 1.05 bits per heavy atom. The van der Waals surface area contributed by atoms with E-state index >= 15 is 0 Å². The van der Waals surface area contributed by atoms with Gasteiger partial charge in [0.05, 0.1) is 6.33 Å². The number of hydrogen-bond donors (Lipinski definition) is 1. The van der Waals surface area contributed by atoms with Gasteiger partial charge in [0.1, 0.15) is 11.8 Å². The first kappa shape index (κ1) is 14.2. The summed E-state index contributed by atoms with van der Waals surface area (Å²) in [5, 5.41) is 0. The quantitative estimate of drug-likeness (QED) is 0.860. The maximum Gasteiger partial charge on any atom is 0.165 e. The highest BCUT2D eigenvalue weighted by Crippen LogP contribution is 2.14. The van der Waals surface area contributed by atoms with Crippen molar-refractivity contribution in [3.63, 3.8) is 0 Å². The Morgan fingerprint density at radius 2 is 1.81 bits per heavy atom. The van der Waals surface area contributed by atoms with Gasteiger partial charge in [-0.2, -0.15) is 0 Å². The van der Waals surface area contributed by atoms with Crippen molar-refractivity contribution in [2.45, 2.75) is 19.9 Å². The minimum absolute atomic E-state index is 0.453. The summed E-state index contributed by atoms with van der Waals surface area (Å²) in [6.45, 7) is 10.2. The number of aromatic nitrogens is 4. The molecule has 0 spiro atoms. The van der Waals surface area contributed by atoms with Crippen LogP contribution in [0.2, 0.25) is 0 Å². The third-order valence-electron chi connectivity index (χ3n) is 4.22. The van der Waals surface area contributed by atoms with Crippen molar-refractivity contribution in [3.8, 4) is 0 Å². The van der Waals surface area contributed by atoms with E-state index in [-0.39, 0.29) is 0 Å². The molecule has 0 radical (unpaired) electrons. The molecule has 0 unspecified atom stereocenters. The van der Waals surface area contributed by atoms with Crippen LogP contribution < -0.4 is 5.73 Å². The monoisotopic (exact) mass is 289 g/mol. The largest absolute Gasteiger partial charge is 0.382 e. The number of fused-ring (bicyclic) bond motifs is 1. The van der Waals surface area contributed by atoms with Crippen LogP contribution in [-0.2, 0) is 6.54 Å². The fraction of sp³-hybridized carbons (Fsp3) is 0.643. The third kappa shape index (κ3) is 3.14. The van der Waals surface area contributed by atoms with Crippen LogP contribution in [-0.4, -0.2) is 68.6 Å². The zero-order valence-electron chi connectivity index (χ0n) is 12.6. The lowest BCUT2D eigenvalue weighted by Crippen LogP contribution is -2.46. The first-order chi connectivity index (χ1) is 10.3. The van der Waals surface area contributed by atoms with Gasteiger partial charge in [0, 0.05) is 32.7 Å². The van der Waals surface area contributed by atoms with E-state index in [1.54, 1.807) is 0 Å². The number of piperazine rings is 1. The summed E-state index contributed by atoms with van der Waals surface area (Å²) in [6, 6.07) is 0. The molecular formula is C14H23N7. The third-order valence-corrected chi connectivity index (χ3v) is 4.22. The summed E-state index contributed by atoms with van der Waals surface area (Å²) in [5.74, 6) is 0.453. The number of aryl methyl sites for hydroxylation is 1. The lowest BCUT2D eigenvalue weighted by Gasteiger charge is -2.33. The summed E-state index contributed by atoms with van der Waals surface area (Å²) in [5.41, 5.74) is 7.34. The average molecular weight is 289 g/mol. The fourth-order valence-corrected chi connectivity index (χ4v) is 2.86. The second-order valence-corrected chi connectivity index (χ2v) is 5.50. The van der Waals surface area contributed by atoms with Gasteiger partial charge in [-0.05, 0) is 19.5 Å². The number of nitrogen functional groups attached to an aromatic ring is 1. The van der Waals surface area contributed by atoms with E-state index in [0.29, 0.717) is 11.3 Å². The Labute approximate surface area is 124 Å². The standard InChI is InChI=1S/C14H23N7/c1-2-19-6-8-20(9-7-19)4-3-5-21-11-18-12-13(15)16-10-17-14(12)21/h10-11H,2-9H2,1H3,(H2,15,16,17). The highest BCUT2D eigenvalue weighted by atomic mass is 15.3. The van der Waals surface area contributed by atoms with E-state index < -0.39 is 0 Å². The van der Waals surface area contributed by atoms with Gasteiger partial charge in [0.25, 0.3) is 0 Å². The molecule has 2 aromatic rings. The van der Waals surface area contributed by atoms with Gasteiger partial charge in [0.2, 0.25) is 0 Å². The maximum atomic E-state index is 5.80. The molecule has 114 valence electrons. The normalized spacial score (nSPS) is 17.6. The Bertz CT molecular complexity index is 586. The molecule has 3 heterocycles. The predicted octanol–water partition coefficient (Wildman–Crippen LogP) is 0.436. The molecule has 0 aliphatic carbocycles. The number of rotatable bonds is 5. The lowest BCUT2D eigenvalue weighted by molar-refractivity contribution is 0.135. The molecule has 0 bridgehead atoms. The van der Waals surface area contributed by atoms with Crippen molar-refractivity contribution >= 4 is 17.0 Å². The number of nitrogens with two attached hydrogens (primary N) is 1. The molecule has 0 aromatic carbocycles. The number of anilines is 1. The molecular weight excluding hydrogens is 266 g/mol. The van der Waals surface area contributed by atoms with Gasteiger partial charge in [-0.1, -0.05) is 6.92 Å². The molecule has 1 aliphatic rings. The summed E-state index contributed by atoms with van der Waals surface area (Å²) >= 11 is 0. The fourth-order valence-electron chi connectivity index (χ4n) is 2.86. The van der Waals surface area contributed by atoms with E-state index in [2.05, 4.69) is 36.2 Å². The van der Waals surface area contributed by atoms with Gasteiger partial charge < -0.3 is 20.1 Å². The molecule has 0 atom stereocenters. The first-order valence-electron chi connectivity index (χ1n) is 7.64. The Hall–Kier alpha value is -1.73. The highest BCUT2D eigenvalue weighted by Gasteiger charge is 2.15. The second-order valence-electron chi connectivity index (χ2n) is 5.50. The van der Waals surface area contributed by atoms with Crippen LogP contribution in [0.3, 0.4) is 0 Å². The Morgan fingerprint density at radius 3 is 2.57 bits per heavy atom. The number of likely N-dealkylation sites (N-methyl/N-ethyl adjacent to an activating group) is 1. The molecule has 21 heavy (non-hydrogen) atoms. The lowest BCUT2D eigenvalue weighted by atomic mass is 10.3. The number of nitrogens with zero attached hydrogens (tertiary/aromatic N) is 6. The molecule has 1 fully saturated rings. The van der Waals surface area contributed by atoms with E-state index in [1.165, 1.54) is 32.5 Å². The van der Waals surface area contributed by atoms with Gasteiger partial charge in [0.15, 0.2) is 11.5 Å². The van der Waals surface area contributed by atoms with Crippen LogP contribution >= 0.6 is 0 Å². The zero-order chi connectivity index (χ0) is 14.7. The van der Waals surface area contributed by atoms with Crippen molar-refractivity contribution in [1.82, 2.24) is 29.3 Å². The van der Waals surface area contributed by atoms with Gasteiger partial charge in [-0.15, -0.1) is 0 Å². The Balaban J connectivity index is 1.52. The van der Waals surface area contributed by atoms with Crippen LogP contribution in [0.1, 0.15) is 13.3 Å². The van der Waals surface area contributed by atoms with E-state index in [9.17, 15) is 0 Å². The minimum Gasteiger partial charge on any atom is -0.382 e. The van der Waals surface area contributed by atoms with Crippen LogP contribution in [0.5, 0.6) is 0 Å². The molecule has 7 heteroatoms. The molecule has 2 aromatic heterocycles. The summed E-state index contributed by atoms with van der Waals surface area (Å²) in [4.78, 5) is 17.6. The van der Waals surface area contributed by atoms with Gasteiger partial charge >= 0.3 is 0 Å². The SMILES string of the molecule is CCN1CCN(CCCn2cnc3c(N)ncnc32)CC1. The summed E-state index contributed by atoms with van der Waals surface area (Å²) in [6.07, 6.45) is 4.41. The Kier molecular flexibility index (Phi) is 4.31. The molecule has 3 rings (SSSR count). The predicted molar refractivity (Wildman–Crippen MR) is 82.9 cm³/mol. The average Bonchev–Trinajstić information content (AvgIpc) is 2.93. The van der Waals surface area contributed by atoms with E-state index in [0.717, 1.165) is 31.7 Å². The zero-order valence-corrected chi connectivity index (χ0v) is 12.6. The first-order valence-corrected chi connectivity index (χ1v) is 7.64. The van der Waals surface area contributed by atoms with Crippen molar-refractivity contribution in [2.75, 3.05) is 45.0 Å². The summed E-state index contributed by atoms with van der Waals surface area (Å²) < 4.78 is 2.07. The van der Waals surface area contributed by atoms with Crippen molar-refractivity contribution in [3.05, 3.63) is 12.7 Å². The van der Waals surface area contributed by atoms with Crippen molar-refractivity contribution < 1.29 is 0 Å². The molecule has 0 saturated carbocycles. The van der Waals surface area contributed by atoms with Crippen molar-refractivity contribution in [1.29, 1.82) is 0 Å². The smallest absolute Gasteiger partial charge is 0.165 e. The van der Waals surface area contributed by atoms with Crippen LogP contribution in [0.4, 0.5) is 5.82 Å². The van der Waals surface area contributed by atoms with Crippen LogP contribution in [0.25, 0.3) is 11.2 Å². The number of imidazole rings is 1. The minimum atomic E-state index is 0.453. The van der Waals surface area contributed by atoms with Crippen molar-refractivity contribution in [2.24, 2.45) is 0 Å². The summed E-state index contributed by atoms with van der Waals surface area (Å²) in [7, 11) is 0. The highest BCUT2D eigenvalue weighted by molar-refractivity contribution is 5.80. The van der Waals surface area contributed by atoms with E-state index in [1.807, 2.05) is 6.33 Å². The van der Waals surface area contributed by atoms with Gasteiger partial charge in [-0.25, -0.2) is 15.0 Å². The molecule has 0 amide bonds. The second kappa shape index (κ2) is 6.36. The maximum absolute atomic E-state index is 5.80. The van der Waals surface area contributed by atoms with Crippen LogP contribution in [0.15, 0.2) is 12.7 Å². The molecule has 7 nitrogen and oxygen atoms in total. The van der Waals surface area contributed by atoms with Crippen LogP contribution in [0, 0.1) is 0 Å². The van der Waals surface area contributed by atoms with Gasteiger partial charge in [-0.3, -0.25) is 0 Å². The topological polar surface area (TPSA) is 76.1 Å². The molecule has 1 aliphatic heterocycles. The molecule has 2 N–H and O–H groups in total. The molecule has 1 saturated heterocycles. The number of hydrogen-bond acceptors (Lipinski definition) is 6.